The van der Waals surface area contributed by atoms with Crippen molar-refractivity contribution in [3.63, 3.8) is 0 Å². The molecule has 1 N–H and O–H groups in total. The number of aryl methyl sites for hydroxylation is 2. The number of hydrogen-bond acceptors (Lipinski definition) is 4. The average molecular weight is 285 g/mol. The minimum atomic E-state index is 0.631. The summed E-state index contributed by atoms with van der Waals surface area (Å²) in [5.41, 5.74) is 2.19. The summed E-state index contributed by atoms with van der Waals surface area (Å²) in [6.45, 7) is 9.04. The molecule has 1 aromatic heterocycles. The van der Waals surface area contributed by atoms with Crippen LogP contribution in [0.15, 0.2) is 24.3 Å². The molecule has 4 heteroatoms. The molecule has 1 aromatic carbocycles. The Labute approximate surface area is 126 Å². The van der Waals surface area contributed by atoms with Gasteiger partial charge in [-0.05, 0) is 38.0 Å². The molecular formula is C17H23N3O. The maximum Gasteiger partial charge on any atom is 0.227 e. The number of anilines is 1. The van der Waals surface area contributed by atoms with Crippen molar-refractivity contribution in [1.82, 2.24) is 9.97 Å². The van der Waals surface area contributed by atoms with Crippen molar-refractivity contribution in [1.29, 1.82) is 0 Å². The van der Waals surface area contributed by atoms with Crippen LogP contribution in [-0.2, 0) is 12.8 Å². The minimum absolute atomic E-state index is 0.631. The van der Waals surface area contributed by atoms with E-state index in [1.807, 2.05) is 26.0 Å². The molecule has 0 spiro atoms. The summed E-state index contributed by atoms with van der Waals surface area (Å²) in [6, 6.07) is 8.12. The van der Waals surface area contributed by atoms with Crippen molar-refractivity contribution in [3.8, 4) is 11.6 Å². The minimum Gasteiger partial charge on any atom is -0.439 e. The van der Waals surface area contributed by atoms with E-state index in [0.717, 1.165) is 42.3 Å². The van der Waals surface area contributed by atoms with Crippen LogP contribution in [0.5, 0.6) is 11.6 Å². The highest BCUT2D eigenvalue weighted by Gasteiger charge is 2.12. The first-order valence-corrected chi connectivity index (χ1v) is 7.56. The highest BCUT2D eigenvalue weighted by atomic mass is 16.5. The van der Waals surface area contributed by atoms with Gasteiger partial charge in [-0.25, -0.2) is 4.98 Å². The Morgan fingerprint density at radius 3 is 2.57 bits per heavy atom. The van der Waals surface area contributed by atoms with Gasteiger partial charge in [0.1, 0.15) is 17.4 Å². The van der Waals surface area contributed by atoms with E-state index in [1.165, 1.54) is 5.56 Å². The lowest BCUT2D eigenvalue weighted by Crippen LogP contribution is -2.07. The van der Waals surface area contributed by atoms with Crippen molar-refractivity contribution in [2.24, 2.45) is 0 Å². The van der Waals surface area contributed by atoms with Crippen molar-refractivity contribution < 1.29 is 4.74 Å². The van der Waals surface area contributed by atoms with Gasteiger partial charge in [-0.3, -0.25) is 0 Å². The third-order valence-corrected chi connectivity index (χ3v) is 3.33. The Kier molecular flexibility index (Phi) is 5.14. The molecular weight excluding hydrogens is 262 g/mol. The van der Waals surface area contributed by atoms with Crippen molar-refractivity contribution in [2.75, 3.05) is 11.9 Å². The fourth-order valence-corrected chi connectivity index (χ4v) is 2.08. The normalized spacial score (nSPS) is 10.5. The standard InChI is InChI=1S/C17H23N3O/c1-5-13-9-8-10-14(11-13)21-17-12(4)16(18-7-3)19-15(6-2)20-17/h8-11H,5-7H2,1-4H3,(H,18,19,20). The Balaban J connectivity index is 2.35. The van der Waals surface area contributed by atoms with Crippen LogP contribution in [0.4, 0.5) is 5.82 Å². The zero-order valence-corrected chi connectivity index (χ0v) is 13.2. The summed E-state index contributed by atoms with van der Waals surface area (Å²) in [5, 5.41) is 3.27. The predicted octanol–water partition coefficient (Wildman–Crippen LogP) is 4.13. The molecule has 1 heterocycles. The van der Waals surface area contributed by atoms with Gasteiger partial charge in [0.25, 0.3) is 0 Å². The maximum absolute atomic E-state index is 5.99. The molecule has 0 atom stereocenters. The topological polar surface area (TPSA) is 47.0 Å². The fraction of sp³-hybridized carbons (Fsp3) is 0.412. The number of hydrogen-bond donors (Lipinski definition) is 1. The van der Waals surface area contributed by atoms with E-state index in [4.69, 9.17) is 4.74 Å². The van der Waals surface area contributed by atoms with Crippen LogP contribution in [0.25, 0.3) is 0 Å². The Hall–Kier alpha value is -2.10. The summed E-state index contributed by atoms with van der Waals surface area (Å²) in [7, 11) is 0. The molecule has 0 amide bonds. The van der Waals surface area contributed by atoms with E-state index in [1.54, 1.807) is 0 Å². The van der Waals surface area contributed by atoms with E-state index in [2.05, 4.69) is 41.3 Å². The second-order valence-electron chi connectivity index (χ2n) is 4.91. The first-order chi connectivity index (χ1) is 10.2. The zero-order valence-electron chi connectivity index (χ0n) is 13.2. The summed E-state index contributed by atoms with van der Waals surface area (Å²) < 4.78 is 5.99. The molecule has 0 aliphatic carbocycles. The summed E-state index contributed by atoms with van der Waals surface area (Å²) >= 11 is 0. The van der Waals surface area contributed by atoms with Crippen LogP contribution < -0.4 is 10.1 Å². The van der Waals surface area contributed by atoms with E-state index >= 15 is 0 Å². The molecule has 112 valence electrons. The van der Waals surface area contributed by atoms with Gasteiger partial charge in [-0.15, -0.1) is 0 Å². The van der Waals surface area contributed by atoms with Gasteiger partial charge in [0.15, 0.2) is 0 Å². The molecule has 2 rings (SSSR count). The summed E-state index contributed by atoms with van der Waals surface area (Å²) in [6.07, 6.45) is 1.77. The Morgan fingerprint density at radius 1 is 1.10 bits per heavy atom. The number of nitrogens with zero attached hydrogens (tertiary/aromatic N) is 2. The molecule has 0 radical (unpaired) electrons. The average Bonchev–Trinajstić information content (AvgIpc) is 2.51. The van der Waals surface area contributed by atoms with Gasteiger partial charge in [0.2, 0.25) is 5.88 Å². The summed E-state index contributed by atoms with van der Waals surface area (Å²) in [5.74, 6) is 3.09. The van der Waals surface area contributed by atoms with Gasteiger partial charge in [-0.2, -0.15) is 4.98 Å². The number of aromatic nitrogens is 2. The van der Waals surface area contributed by atoms with Crippen LogP contribution in [0, 0.1) is 6.92 Å². The van der Waals surface area contributed by atoms with Crippen LogP contribution in [0.3, 0.4) is 0 Å². The van der Waals surface area contributed by atoms with Crippen LogP contribution in [0.1, 0.15) is 37.7 Å². The molecule has 21 heavy (non-hydrogen) atoms. The highest BCUT2D eigenvalue weighted by Crippen LogP contribution is 2.27. The molecule has 0 saturated carbocycles. The highest BCUT2D eigenvalue weighted by molar-refractivity contribution is 5.49. The lowest BCUT2D eigenvalue weighted by molar-refractivity contribution is 0.454. The lowest BCUT2D eigenvalue weighted by Gasteiger charge is -2.13. The Bertz CT molecular complexity index is 611. The third-order valence-electron chi connectivity index (χ3n) is 3.33. The molecule has 0 unspecified atom stereocenters. The monoisotopic (exact) mass is 285 g/mol. The van der Waals surface area contributed by atoms with E-state index in [9.17, 15) is 0 Å². The van der Waals surface area contributed by atoms with Gasteiger partial charge in [0, 0.05) is 13.0 Å². The molecule has 4 nitrogen and oxygen atoms in total. The lowest BCUT2D eigenvalue weighted by atomic mass is 10.2. The molecule has 2 aromatic rings. The second-order valence-corrected chi connectivity index (χ2v) is 4.91. The Morgan fingerprint density at radius 2 is 1.90 bits per heavy atom. The largest absolute Gasteiger partial charge is 0.439 e. The van der Waals surface area contributed by atoms with Gasteiger partial charge in [0.05, 0.1) is 5.56 Å². The number of rotatable bonds is 6. The van der Waals surface area contributed by atoms with Crippen molar-refractivity contribution >= 4 is 5.82 Å². The maximum atomic E-state index is 5.99. The first kappa shape index (κ1) is 15.3. The SMILES string of the molecule is CCNc1nc(CC)nc(Oc2cccc(CC)c2)c1C. The van der Waals surface area contributed by atoms with E-state index < -0.39 is 0 Å². The molecule has 0 fully saturated rings. The number of benzene rings is 1. The van der Waals surface area contributed by atoms with Gasteiger partial charge in [-0.1, -0.05) is 26.0 Å². The quantitative estimate of drug-likeness (QED) is 0.866. The van der Waals surface area contributed by atoms with Crippen LogP contribution in [-0.4, -0.2) is 16.5 Å². The second kappa shape index (κ2) is 7.07. The van der Waals surface area contributed by atoms with Crippen molar-refractivity contribution in [3.05, 3.63) is 41.2 Å². The molecule has 0 aliphatic rings. The fourth-order valence-electron chi connectivity index (χ4n) is 2.08. The molecule has 0 bridgehead atoms. The van der Waals surface area contributed by atoms with E-state index in [0.29, 0.717) is 5.88 Å². The smallest absolute Gasteiger partial charge is 0.227 e. The first-order valence-electron chi connectivity index (χ1n) is 7.56. The summed E-state index contributed by atoms with van der Waals surface area (Å²) in [4.78, 5) is 9.03. The number of nitrogens with one attached hydrogen (secondary N) is 1. The van der Waals surface area contributed by atoms with Crippen LogP contribution >= 0.6 is 0 Å². The zero-order chi connectivity index (χ0) is 15.2. The van der Waals surface area contributed by atoms with Crippen molar-refractivity contribution in [2.45, 2.75) is 40.5 Å². The van der Waals surface area contributed by atoms with E-state index in [-0.39, 0.29) is 0 Å². The predicted molar refractivity (Wildman–Crippen MR) is 86.2 cm³/mol. The van der Waals surface area contributed by atoms with Gasteiger partial charge < -0.3 is 10.1 Å². The van der Waals surface area contributed by atoms with Crippen LogP contribution in [0.2, 0.25) is 0 Å². The molecule has 0 aliphatic heterocycles. The molecule has 0 saturated heterocycles. The number of ether oxygens (including phenoxy) is 1. The van der Waals surface area contributed by atoms with Gasteiger partial charge >= 0.3 is 0 Å². The third kappa shape index (κ3) is 3.72.